The average Bonchev–Trinajstić information content (AvgIpc) is 2.80. The van der Waals surface area contributed by atoms with Crippen LogP contribution in [0.2, 0.25) is 0 Å². The molecule has 184 valence electrons. The molecule has 1 aliphatic rings. The molecule has 0 bridgehead atoms. The van der Waals surface area contributed by atoms with Crippen molar-refractivity contribution < 1.29 is 13.7 Å². The van der Waals surface area contributed by atoms with Crippen molar-refractivity contribution >= 4 is 28.3 Å². The second-order valence-corrected chi connectivity index (χ2v) is 10.3. The van der Waals surface area contributed by atoms with Gasteiger partial charge in [-0.1, -0.05) is 42.5 Å². The summed E-state index contributed by atoms with van der Waals surface area (Å²) in [6, 6.07) is 5.67. The van der Waals surface area contributed by atoms with Crippen molar-refractivity contribution in [1.29, 1.82) is 5.41 Å². The van der Waals surface area contributed by atoms with Gasteiger partial charge < -0.3 is 15.8 Å². The van der Waals surface area contributed by atoms with E-state index in [1.54, 1.807) is 18.4 Å². The highest BCUT2D eigenvalue weighted by molar-refractivity contribution is 7.85. The van der Waals surface area contributed by atoms with Gasteiger partial charge in [0.2, 0.25) is 5.90 Å². The standard InChI is InChI=1S/C27H37N3O3S/c1-6-7-8-15-23(25(28)24-18(2)11-9-12-19(24)3)26(29)33-17-20(4)30-27(31)21-13-10-14-22(16-21)34(5)32/h6,9-13,16,20,22,29H,1,7-8,14-15,17,28H2,2-5H3,(H,30,31)/t20-,22?,34?/m1/s1. The minimum absolute atomic E-state index is 0.0172. The summed E-state index contributed by atoms with van der Waals surface area (Å²) in [5.41, 5.74) is 11.3. The minimum atomic E-state index is -1.03. The number of hydrogen-bond donors (Lipinski definition) is 3. The Morgan fingerprint density at radius 3 is 2.68 bits per heavy atom. The highest BCUT2D eigenvalue weighted by atomic mass is 32.2. The predicted molar refractivity (Wildman–Crippen MR) is 142 cm³/mol. The van der Waals surface area contributed by atoms with Crippen molar-refractivity contribution in [1.82, 2.24) is 5.32 Å². The molecule has 4 N–H and O–H groups in total. The molecule has 0 radical (unpaired) electrons. The Kier molecular flexibility index (Phi) is 10.5. The third-order valence-electron chi connectivity index (χ3n) is 5.76. The van der Waals surface area contributed by atoms with Crippen LogP contribution in [0, 0.1) is 19.3 Å². The number of nitrogens with two attached hydrogens (primary N) is 1. The zero-order chi connectivity index (χ0) is 25.3. The number of nitrogens with one attached hydrogen (secondary N) is 2. The van der Waals surface area contributed by atoms with Crippen LogP contribution in [0.15, 0.2) is 60.2 Å². The highest BCUT2D eigenvalue weighted by Gasteiger charge is 2.20. The van der Waals surface area contributed by atoms with E-state index in [1.165, 1.54) is 0 Å². The first-order valence-electron chi connectivity index (χ1n) is 11.5. The van der Waals surface area contributed by atoms with E-state index in [9.17, 15) is 9.00 Å². The number of rotatable bonds is 11. The van der Waals surface area contributed by atoms with Gasteiger partial charge in [0, 0.05) is 39.5 Å². The Balaban J connectivity index is 2.10. The van der Waals surface area contributed by atoms with Crippen LogP contribution in [0.1, 0.15) is 49.3 Å². The van der Waals surface area contributed by atoms with Gasteiger partial charge in [-0.25, -0.2) is 0 Å². The number of benzene rings is 1. The number of carbonyl (C=O) groups excluding carboxylic acids is 1. The molecule has 1 aromatic carbocycles. The summed E-state index contributed by atoms with van der Waals surface area (Å²) in [6.07, 6.45) is 11.8. The lowest BCUT2D eigenvalue weighted by atomic mass is 9.95. The van der Waals surface area contributed by atoms with E-state index in [-0.39, 0.29) is 29.7 Å². The number of aryl methyl sites for hydroxylation is 2. The van der Waals surface area contributed by atoms with Gasteiger partial charge in [-0.15, -0.1) is 6.58 Å². The van der Waals surface area contributed by atoms with Crippen molar-refractivity contribution in [2.24, 2.45) is 5.73 Å². The van der Waals surface area contributed by atoms with Crippen LogP contribution < -0.4 is 11.1 Å². The van der Waals surface area contributed by atoms with Gasteiger partial charge in [0.25, 0.3) is 5.91 Å². The molecular formula is C27H37N3O3S. The Hall–Kier alpha value is -2.93. The molecular weight excluding hydrogens is 446 g/mol. The molecule has 2 rings (SSSR count). The van der Waals surface area contributed by atoms with Gasteiger partial charge in [-0.2, -0.15) is 0 Å². The largest absolute Gasteiger partial charge is 0.476 e. The Morgan fingerprint density at radius 2 is 2.06 bits per heavy atom. The third-order valence-corrected chi connectivity index (χ3v) is 6.94. The normalized spacial score (nSPS) is 17.8. The summed E-state index contributed by atoms with van der Waals surface area (Å²) in [6.45, 7) is 9.74. The van der Waals surface area contributed by atoms with Gasteiger partial charge in [-0.3, -0.25) is 14.4 Å². The summed E-state index contributed by atoms with van der Waals surface area (Å²) in [7, 11) is -1.03. The van der Waals surface area contributed by atoms with Crippen LogP contribution in [0.5, 0.6) is 0 Å². The van der Waals surface area contributed by atoms with E-state index in [2.05, 4.69) is 11.9 Å². The summed E-state index contributed by atoms with van der Waals surface area (Å²) in [5.74, 6) is -0.227. The molecule has 0 saturated carbocycles. The van der Waals surface area contributed by atoms with Crippen molar-refractivity contribution in [3.63, 3.8) is 0 Å². The van der Waals surface area contributed by atoms with Crippen molar-refractivity contribution in [3.05, 3.63) is 76.9 Å². The fourth-order valence-electron chi connectivity index (χ4n) is 3.86. The monoisotopic (exact) mass is 483 g/mol. The molecule has 34 heavy (non-hydrogen) atoms. The van der Waals surface area contributed by atoms with Gasteiger partial charge in [0.15, 0.2) is 0 Å². The van der Waals surface area contributed by atoms with Crippen LogP contribution >= 0.6 is 0 Å². The number of amides is 1. The molecule has 0 aliphatic heterocycles. The predicted octanol–water partition coefficient (Wildman–Crippen LogP) is 4.46. The quantitative estimate of drug-likeness (QED) is 0.187. The SMILES string of the molecule is C=CCCCC(C(=N)OC[C@@H](C)NC(=O)C1=CC(S(C)=O)CC=C1)=C(N)c1c(C)cccc1C. The van der Waals surface area contributed by atoms with E-state index >= 15 is 0 Å². The number of allylic oxidation sites excluding steroid dienone is 2. The first-order chi connectivity index (χ1) is 16.1. The highest BCUT2D eigenvalue weighted by Crippen LogP contribution is 2.25. The number of carbonyl (C=O) groups is 1. The van der Waals surface area contributed by atoms with Gasteiger partial charge >= 0.3 is 0 Å². The molecule has 0 aromatic heterocycles. The molecule has 1 aromatic rings. The van der Waals surface area contributed by atoms with E-state index in [4.69, 9.17) is 15.9 Å². The van der Waals surface area contributed by atoms with Crippen LogP contribution in [-0.4, -0.2) is 40.2 Å². The topological polar surface area (TPSA) is 105 Å². The smallest absolute Gasteiger partial charge is 0.251 e. The lowest BCUT2D eigenvalue weighted by Gasteiger charge is -2.20. The molecule has 0 saturated heterocycles. The average molecular weight is 484 g/mol. The Morgan fingerprint density at radius 1 is 1.38 bits per heavy atom. The third kappa shape index (κ3) is 7.55. The maximum Gasteiger partial charge on any atom is 0.251 e. The summed E-state index contributed by atoms with van der Waals surface area (Å²) >= 11 is 0. The fraction of sp³-hybridized carbons (Fsp3) is 0.407. The zero-order valence-electron chi connectivity index (χ0n) is 20.6. The van der Waals surface area contributed by atoms with Gasteiger partial charge in [0.1, 0.15) is 6.61 Å². The maximum absolute atomic E-state index is 12.6. The lowest BCUT2D eigenvalue weighted by molar-refractivity contribution is -0.118. The number of unbranched alkanes of at least 4 members (excludes halogenated alkanes) is 1. The minimum Gasteiger partial charge on any atom is -0.476 e. The zero-order valence-corrected chi connectivity index (χ0v) is 21.5. The van der Waals surface area contributed by atoms with Crippen LogP contribution in [0.3, 0.4) is 0 Å². The molecule has 6 nitrogen and oxygen atoms in total. The van der Waals surface area contributed by atoms with Crippen molar-refractivity contribution in [2.75, 3.05) is 12.9 Å². The molecule has 0 spiro atoms. The molecule has 2 unspecified atom stereocenters. The second kappa shape index (κ2) is 13.1. The van der Waals surface area contributed by atoms with Gasteiger partial charge in [0.05, 0.1) is 11.3 Å². The molecule has 7 heteroatoms. The maximum atomic E-state index is 12.6. The van der Waals surface area contributed by atoms with E-state index < -0.39 is 10.8 Å². The van der Waals surface area contributed by atoms with E-state index in [0.29, 0.717) is 29.7 Å². The summed E-state index contributed by atoms with van der Waals surface area (Å²) in [4.78, 5) is 12.6. The van der Waals surface area contributed by atoms with Crippen LogP contribution in [-0.2, 0) is 20.3 Å². The molecule has 0 fully saturated rings. The fourth-order valence-corrected chi connectivity index (χ4v) is 4.58. The van der Waals surface area contributed by atoms with Crippen molar-refractivity contribution in [3.8, 4) is 0 Å². The first kappa shape index (κ1) is 27.3. The lowest BCUT2D eigenvalue weighted by Crippen LogP contribution is -2.37. The molecule has 1 amide bonds. The van der Waals surface area contributed by atoms with Crippen molar-refractivity contribution in [2.45, 2.75) is 57.7 Å². The summed E-state index contributed by atoms with van der Waals surface area (Å²) in [5, 5.41) is 11.3. The molecule has 0 heterocycles. The number of ether oxygens (including phenoxy) is 1. The number of hydrogen-bond acceptors (Lipinski definition) is 5. The Labute approximate surface area is 206 Å². The summed E-state index contributed by atoms with van der Waals surface area (Å²) < 4.78 is 17.5. The first-order valence-corrected chi connectivity index (χ1v) is 13.2. The van der Waals surface area contributed by atoms with Crippen LogP contribution in [0.25, 0.3) is 5.70 Å². The Bertz CT molecular complexity index is 1020. The second-order valence-electron chi connectivity index (χ2n) is 8.65. The molecule has 1 aliphatic carbocycles. The van der Waals surface area contributed by atoms with E-state index in [0.717, 1.165) is 29.5 Å². The van der Waals surface area contributed by atoms with Crippen LogP contribution in [0.4, 0.5) is 0 Å². The van der Waals surface area contributed by atoms with E-state index in [1.807, 2.05) is 51.1 Å². The molecule has 3 atom stereocenters. The van der Waals surface area contributed by atoms with Gasteiger partial charge in [-0.05, 0) is 57.6 Å².